The third-order valence-electron chi connectivity index (χ3n) is 6.25. The summed E-state index contributed by atoms with van der Waals surface area (Å²) in [6.45, 7) is -1.60. The van der Waals surface area contributed by atoms with Crippen LogP contribution in [0.2, 0.25) is 0 Å². The fourth-order valence-electron chi connectivity index (χ4n) is 4.63. The number of hydrogen-bond donors (Lipinski definition) is 1. The van der Waals surface area contributed by atoms with Gasteiger partial charge < -0.3 is 24.5 Å². The number of methoxy groups -OCH3 is 1. The molecule has 5 rings (SSSR count). The molecule has 1 aliphatic rings. The largest absolute Gasteiger partial charge is 0.479 e. The molecular weight excluding hydrogens is 482 g/mol. The van der Waals surface area contributed by atoms with Crippen LogP contribution in [0.25, 0.3) is 33.6 Å². The zero-order valence-electron chi connectivity index (χ0n) is 19.5. The SMILES string of the molecule is COc1nccc2cc(-c3nc4cc5c(nc4n3C)CCN(C[C@H](N)CF)C5=O)n(CC(F)(F)F)c12. The number of imidazole rings is 1. The van der Waals surface area contributed by atoms with E-state index in [1.165, 1.54) is 18.2 Å². The van der Waals surface area contributed by atoms with E-state index in [2.05, 4.69) is 15.0 Å². The predicted octanol–water partition coefficient (Wildman–Crippen LogP) is 2.85. The molecule has 36 heavy (non-hydrogen) atoms. The molecule has 5 heterocycles. The van der Waals surface area contributed by atoms with Gasteiger partial charge in [-0.25, -0.2) is 19.3 Å². The van der Waals surface area contributed by atoms with E-state index in [-0.39, 0.29) is 35.4 Å². The molecule has 0 saturated carbocycles. The lowest BCUT2D eigenvalue weighted by atomic mass is 10.0. The summed E-state index contributed by atoms with van der Waals surface area (Å²) in [6, 6.07) is 3.99. The van der Waals surface area contributed by atoms with Crippen LogP contribution in [0.5, 0.6) is 5.88 Å². The number of fused-ring (bicyclic) bond motifs is 3. The molecule has 9 nitrogen and oxygen atoms in total. The Balaban J connectivity index is 1.65. The zero-order chi connectivity index (χ0) is 25.8. The Bertz CT molecular complexity index is 1480. The van der Waals surface area contributed by atoms with Crippen molar-refractivity contribution in [3.63, 3.8) is 0 Å². The van der Waals surface area contributed by atoms with Crippen molar-refractivity contribution in [3.05, 3.63) is 35.7 Å². The Morgan fingerprint density at radius 3 is 2.72 bits per heavy atom. The molecule has 0 unspecified atom stereocenters. The second-order valence-corrected chi connectivity index (χ2v) is 8.72. The van der Waals surface area contributed by atoms with Gasteiger partial charge in [-0.3, -0.25) is 4.79 Å². The van der Waals surface area contributed by atoms with Gasteiger partial charge in [0.05, 0.1) is 30.1 Å². The number of amides is 1. The Morgan fingerprint density at radius 1 is 1.25 bits per heavy atom. The van der Waals surface area contributed by atoms with E-state index in [9.17, 15) is 22.4 Å². The van der Waals surface area contributed by atoms with Crippen molar-refractivity contribution in [1.29, 1.82) is 0 Å². The van der Waals surface area contributed by atoms with Crippen LogP contribution >= 0.6 is 0 Å². The van der Waals surface area contributed by atoms with E-state index in [4.69, 9.17) is 10.5 Å². The van der Waals surface area contributed by atoms with Crippen LogP contribution in [0, 0.1) is 0 Å². The zero-order valence-corrected chi connectivity index (χ0v) is 19.5. The van der Waals surface area contributed by atoms with Crippen LogP contribution < -0.4 is 10.5 Å². The average molecular weight is 505 g/mol. The molecule has 4 aromatic rings. The van der Waals surface area contributed by atoms with Crippen molar-refractivity contribution in [3.8, 4) is 17.4 Å². The number of carbonyl (C=O) groups is 1. The number of nitrogens with zero attached hydrogens (tertiary/aromatic N) is 6. The van der Waals surface area contributed by atoms with Crippen molar-refractivity contribution >= 4 is 28.0 Å². The maximum absolute atomic E-state index is 13.6. The molecule has 1 aliphatic heterocycles. The number of nitrogens with two attached hydrogens (primary N) is 1. The minimum atomic E-state index is -4.51. The summed E-state index contributed by atoms with van der Waals surface area (Å²) in [5.74, 6) is -0.0256. The van der Waals surface area contributed by atoms with E-state index in [1.807, 2.05) is 0 Å². The summed E-state index contributed by atoms with van der Waals surface area (Å²) in [7, 11) is 3.00. The van der Waals surface area contributed by atoms with Gasteiger partial charge in [0.15, 0.2) is 11.5 Å². The summed E-state index contributed by atoms with van der Waals surface area (Å²) in [5, 5.41) is 0.510. The van der Waals surface area contributed by atoms with E-state index < -0.39 is 25.4 Å². The third kappa shape index (κ3) is 4.02. The Hall–Kier alpha value is -3.74. The van der Waals surface area contributed by atoms with Crippen LogP contribution in [-0.2, 0) is 20.0 Å². The van der Waals surface area contributed by atoms with Gasteiger partial charge in [0, 0.05) is 38.1 Å². The van der Waals surface area contributed by atoms with Gasteiger partial charge in [-0.2, -0.15) is 13.2 Å². The monoisotopic (exact) mass is 505 g/mol. The van der Waals surface area contributed by atoms with E-state index in [1.54, 1.807) is 29.8 Å². The molecule has 0 aliphatic carbocycles. The highest BCUT2D eigenvalue weighted by Gasteiger charge is 2.33. The highest BCUT2D eigenvalue weighted by atomic mass is 19.4. The van der Waals surface area contributed by atoms with Crippen molar-refractivity contribution in [2.24, 2.45) is 12.8 Å². The molecule has 0 aromatic carbocycles. The smallest absolute Gasteiger partial charge is 0.406 e. The number of hydrogen-bond acceptors (Lipinski definition) is 6. The predicted molar refractivity (Wildman–Crippen MR) is 123 cm³/mol. The summed E-state index contributed by atoms with van der Waals surface area (Å²) in [5.41, 5.74) is 7.73. The lowest BCUT2D eigenvalue weighted by molar-refractivity contribution is -0.139. The first-order valence-corrected chi connectivity index (χ1v) is 11.2. The maximum Gasteiger partial charge on any atom is 0.406 e. The maximum atomic E-state index is 13.6. The highest BCUT2D eigenvalue weighted by Crippen LogP contribution is 2.36. The number of rotatable bonds is 6. The quantitative estimate of drug-likeness (QED) is 0.404. The Kier molecular flexibility index (Phi) is 5.81. The number of ether oxygens (including phenoxy) is 1. The number of pyridine rings is 2. The number of alkyl halides is 4. The van der Waals surface area contributed by atoms with Crippen LogP contribution in [0.1, 0.15) is 16.1 Å². The summed E-state index contributed by atoms with van der Waals surface area (Å²) >= 11 is 0. The number of aromatic nitrogens is 5. The first-order valence-electron chi connectivity index (χ1n) is 11.2. The van der Waals surface area contributed by atoms with Crippen molar-refractivity contribution in [2.45, 2.75) is 25.2 Å². The summed E-state index contributed by atoms with van der Waals surface area (Å²) in [6.07, 6.45) is -2.62. The van der Waals surface area contributed by atoms with Crippen molar-refractivity contribution in [1.82, 2.24) is 29.0 Å². The minimum absolute atomic E-state index is 0.0625. The lowest BCUT2D eigenvalue weighted by Crippen LogP contribution is -2.45. The molecule has 4 aromatic heterocycles. The normalized spacial score (nSPS) is 15.1. The van der Waals surface area contributed by atoms with E-state index >= 15 is 0 Å². The van der Waals surface area contributed by atoms with Gasteiger partial charge in [0.2, 0.25) is 5.88 Å². The fourth-order valence-corrected chi connectivity index (χ4v) is 4.63. The van der Waals surface area contributed by atoms with Gasteiger partial charge in [0.25, 0.3) is 5.91 Å². The van der Waals surface area contributed by atoms with E-state index in [0.717, 1.165) is 4.57 Å². The number of carbonyl (C=O) groups excluding carboxylic acids is 1. The molecule has 0 spiro atoms. The number of aryl methyl sites for hydroxylation is 1. The number of halogens is 4. The van der Waals surface area contributed by atoms with Gasteiger partial charge in [-0.1, -0.05) is 0 Å². The molecule has 2 N–H and O–H groups in total. The Labute approximate surface area is 202 Å². The lowest BCUT2D eigenvalue weighted by Gasteiger charge is -2.29. The molecule has 1 atom stereocenters. The second kappa shape index (κ2) is 8.73. The van der Waals surface area contributed by atoms with Gasteiger partial charge in [0.1, 0.15) is 24.3 Å². The third-order valence-corrected chi connectivity index (χ3v) is 6.25. The highest BCUT2D eigenvalue weighted by molar-refractivity contribution is 5.99. The first kappa shape index (κ1) is 24.0. The van der Waals surface area contributed by atoms with Gasteiger partial charge in [-0.15, -0.1) is 0 Å². The molecular formula is C23H23F4N7O2. The van der Waals surface area contributed by atoms with Gasteiger partial charge in [-0.05, 0) is 18.2 Å². The van der Waals surface area contributed by atoms with Crippen LogP contribution in [0.4, 0.5) is 17.6 Å². The molecule has 1 amide bonds. The molecule has 13 heteroatoms. The van der Waals surface area contributed by atoms with Crippen LogP contribution in [0.15, 0.2) is 24.4 Å². The summed E-state index contributed by atoms with van der Waals surface area (Å²) in [4.78, 5) is 27.7. The summed E-state index contributed by atoms with van der Waals surface area (Å²) < 4.78 is 61.5. The first-order chi connectivity index (χ1) is 17.1. The molecule has 0 saturated heterocycles. The van der Waals surface area contributed by atoms with Crippen LogP contribution in [0.3, 0.4) is 0 Å². The Morgan fingerprint density at radius 2 is 2.03 bits per heavy atom. The van der Waals surface area contributed by atoms with E-state index in [0.29, 0.717) is 40.8 Å². The molecule has 190 valence electrons. The molecule has 0 fully saturated rings. The second-order valence-electron chi connectivity index (χ2n) is 8.72. The molecule has 0 radical (unpaired) electrons. The van der Waals surface area contributed by atoms with Crippen molar-refractivity contribution < 1.29 is 27.1 Å². The standard InChI is InChI=1S/C23H23F4N7O2/c1-32-19-16(8-14-15(30-19)4-6-33(22(14)35)10-13(28)9-24)31-20(32)17-7-12-3-5-29-21(36-2)18(12)34(17)11-23(25,26)27/h3,5,7-8,13H,4,6,9-11,28H2,1-2H3/t13-/m1/s1. The van der Waals surface area contributed by atoms with Crippen LogP contribution in [-0.4, -0.2) is 74.0 Å². The average Bonchev–Trinajstić information content (AvgIpc) is 3.35. The van der Waals surface area contributed by atoms with Gasteiger partial charge >= 0.3 is 6.18 Å². The molecule has 0 bridgehead atoms. The topological polar surface area (TPSA) is 104 Å². The minimum Gasteiger partial charge on any atom is -0.479 e. The fraction of sp³-hybridized carbons (Fsp3) is 0.391. The van der Waals surface area contributed by atoms with Crippen molar-refractivity contribution in [2.75, 3.05) is 26.9 Å².